The smallest absolute Gasteiger partial charge is 0.408 e. The molecule has 1 N–H and O–H groups in total. The van der Waals surface area contributed by atoms with Crippen molar-refractivity contribution in [3.63, 3.8) is 0 Å². The first-order valence-corrected chi connectivity index (χ1v) is 8.20. The van der Waals surface area contributed by atoms with Crippen molar-refractivity contribution in [1.29, 1.82) is 0 Å². The molecule has 2 aromatic rings. The lowest BCUT2D eigenvalue weighted by atomic mass is 10.2. The maximum atomic E-state index is 14.1. The number of aromatic nitrogens is 2. The van der Waals surface area contributed by atoms with Crippen molar-refractivity contribution in [1.82, 2.24) is 14.9 Å². The predicted molar refractivity (Wildman–Crippen MR) is 90.8 cm³/mol. The van der Waals surface area contributed by atoms with Crippen molar-refractivity contribution < 1.29 is 13.9 Å². The van der Waals surface area contributed by atoms with Gasteiger partial charge in [0.25, 0.3) is 0 Å². The Kier molecular flexibility index (Phi) is 4.98. The molecule has 0 bridgehead atoms. The summed E-state index contributed by atoms with van der Waals surface area (Å²) in [5.74, 6) is 0.185. The minimum Gasteiger partial charge on any atom is -0.444 e. The van der Waals surface area contributed by atoms with Crippen LogP contribution in [0.15, 0.2) is 16.6 Å². The van der Waals surface area contributed by atoms with E-state index in [1.54, 1.807) is 20.8 Å². The van der Waals surface area contributed by atoms with E-state index >= 15 is 0 Å². The van der Waals surface area contributed by atoms with Crippen LogP contribution in [0.5, 0.6) is 0 Å². The molecule has 0 atom stereocenters. The zero-order valence-corrected chi connectivity index (χ0v) is 15.5. The first-order valence-electron chi connectivity index (χ1n) is 7.41. The molecule has 0 aliphatic heterocycles. The van der Waals surface area contributed by atoms with Gasteiger partial charge in [0.15, 0.2) is 5.82 Å². The summed E-state index contributed by atoms with van der Waals surface area (Å²) in [7, 11) is 0. The summed E-state index contributed by atoms with van der Waals surface area (Å²) < 4.78 is 21.9. The number of halogens is 2. The van der Waals surface area contributed by atoms with Crippen molar-refractivity contribution in [2.75, 3.05) is 0 Å². The highest BCUT2D eigenvalue weighted by Crippen LogP contribution is 2.27. The summed E-state index contributed by atoms with van der Waals surface area (Å²) in [5.41, 5.74) is 0.412. The Morgan fingerprint density at radius 1 is 1.43 bits per heavy atom. The van der Waals surface area contributed by atoms with E-state index in [0.717, 1.165) is 0 Å². The van der Waals surface area contributed by atoms with Crippen LogP contribution in [0.25, 0.3) is 11.0 Å². The molecular weight excluding hydrogens is 365 g/mol. The van der Waals surface area contributed by atoms with Crippen LogP contribution in [-0.2, 0) is 11.3 Å². The highest BCUT2D eigenvalue weighted by Gasteiger charge is 2.19. The molecule has 0 unspecified atom stereocenters. The zero-order valence-electron chi connectivity index (χ0n) is 13.9. The van der Waals surface area contributed by atoms with Gasteiger partial charge in [0.05, 0.1) is 12.1 Å². The van der Waals surface area contributed by atoms with Crippen LogP contribution >= 0.6 is 15.9 Å². The van der Waals surface area contributed by atoms with E-state index in [9.17, 15) is 9.18 Å². The highest BCUT2D eigenvalue weighted by molar-refractivity contribution is 9.10. The highest BCUT2D eigenvalue weighted by atomic mass is 79.9. The fourth-order valence-corrected chi connectivity index (χ4v) is 2.75. The fourth-order valence-electron chi connectivity index (χ4n) is 2.33. The van der Waals surface area contributed by atoms with Crippen molar-refractivity contribution in [3.8, 4) is 0 Å². The van der Waals surface area contributed by atoms with Crippen LogP contribution in [0.3, 0.4) is 0 Å². The summed E-state index contributed by atoms with van der Waals surface area (Å²) in [6.07, 6.45) is -0.526. The maximum Gasteiger partial charge on any atom is 0.408 e. The molecule has 0 aliphatic carbocycles. The lowest BCUT2D eigenvalue weighted by Gasteiger charge is -2.20. The van der Waals surface area contributed by atoms with Gasteiger partial charge in [0, 0.05) is 10.5 Å². The number of amides is 1. The lowest BCUT2D eigenvalue weighted by molar-refractivity contribution is 0.0521. The second-order valence-electron chi connectivity index (χ2n) is 6.60. The summed E-state index contributed by atoms with van der Waals surface area (Å²) in [6.45, 7) is 9.52. The Bertz CT molecular complexity index is 735. The topological polar surface area (TPSA) is 56.2 Å². The quantitative estimate of drug-likeness (QED) is 0.843. The third kappa shape index (κ3) is 4.22. The summed E-state index contributed by atoms with van der Waals surface area (Å²) in [5, 5.41) is 2.67. The summed E-state index contributed by atoms with van der Waals surface area (Å²) in [6, 6.07) is 3.28. The fraction of sp³-hybridized carbons (Fsp3) is 0.500. The third-order valence-electron chi connectivity index (χ3n) is 3.09. The van der Waals surface area contributed by atoms with Gasteiger partial charge in [0.2, 0.25) is 0 Å². The van der Waals surface area contributed by atoms with E-state index < -0.39 is 17.5 Å². The molecule has 1 heterocycles. The SMILES string of the molecule is CC(C)n1c(CNC(=O)OC(C)(C)C)nc2c(F)cc(Br)cc21. The summed E-state index contributed by atoms with van der Waals surface area (Å²) in [4.78, 5) is 16.1. The van der Waals surface area contributed by atoms with Gasteiger partial charge >= 0.3 is 6.09 Å². The van der Waals surface area contributed by atoms with Crippen LogP contribution in [0.4, 0.5) is 9.18 Å². The minimum atomic E-state index is -0.570. The normalized spacial score (nSPS) is 12.0. The molecular formula is C16H21BrFN3O2. The zero-order chi connectivity index (χ0) is 17.4. The van der Waals surface area contributed by atoms with Crippen molar-refractivity contribution >= 4 is 33.1 Å². The minimum absolute atomic E-state index is 0.0733. The Morgan fingerprint density at radius 3 is 2.65 bits per heavy atom. The van der Waals surface area contributed by atoms with Crippen molar-refractivity contribution in [2.24, 2.45) is 0 Å². The summed E-state index contributed by atoms with van der Waals surface area (Å²) >= 11 is 3.30. The second-order valence-corrected chi connectivity index (χ2v) is 7.52. The van der Waals surface area contributed by atoms with Gasteiger partial charge in [0.1, 0.15) is 16.9 Å². The molecule has 1 amide bonds. The average molecular weight is 386 g/mol. The standard InChI is InChI=1S/C16H21BrFN3O2/c1-9(2)21-12-7-10(17)6-11(18)14(12)20-13(21)8-19-15(22)23-16(3,4)5/h6-7,9H,8H2,1-5H3,(H,19,22). The number of rotatable bonds is 3. The van der Waals surface area contributed by atoms with Crippen LogP contribution in [-0.4, -0.2) is 21.2 Å². The molecule has 0 spiro atoms. The van der Waals surface area contributed by atoms with E-state index in [2.05, 4.69) is 26.2 Å². The Labute approximate surface area is 143 Å². The van der Waals surface area contributed by atoms with Crippen molar-refractivity contribution in [2.45, 2.75) is 52.8 Å². The number of carbonyl (C=O) groups excluding carboxylic acids is 1. The number of benzene rings is 1. The molecule has 0 saturated heterocycles. The van der Waals surface area contributed by atoms with Gasteiger partial charge in [-0.15, -0.1) is 0 Å². The number of fused-ring (bicyclic) bond motifs is 1. The van der Waals surface area contributed by atoms with Gasteiger partial charge < -0.3 is 14.6 Å². The number of ether oxygens (including phenoxy) is 1. The number of nitrogens with one attached hydrogen (secondary N) is 1. The maximum absolute atomic E-state index is 14.1. The predicted octanol–water partition coefficient (Wildman–Crippen LogP) is 4.54. The molecule has 1 aromatic carbocycles. The molecule has 5 nitrogen and oxygen atoms in total. The Hall–Kier alpha value is -1.63. The molecule has 126 valence electrons. The van der Waals surface area contributed by atoms with Crippen molar-refractivity contribution in [3.05, 3.63) is 28.2 Å². The molecule has 2 rings (SSSR count). The van der Waals surface area contributed by atoms with Gasteiger partial charge in [-0.05, 0) is 46.8 Å². The number of alkyl carbamates (subject to hydrolysis) is 1. The van der Waals surface area contributed by atoms with Crippen LogP contribution in [0, 0.1) is 5.82 Å². The largest absolute Gasteiger partial charge is 0.444 e. The van der Waals surface area contributed by atoms with Gasteiger partial charge in [-0.25, -0.2) is 14.2 Å². The Morgan fingerprint density at radius 2 is 2.09 bits per heavy atom. The Balaban J connectivity index is 2.32. The first kappa shape index (κ1) is 17.7. The first-order chi connectivity index (χ1) is 10.6. The second kappa shape index (κ2) is 6.47. The monoisotopic (exact) mass is 385 g/mol. The molecule has 0 aliphatic rings. The average Bonchev–Trinajstić information content (AvgIpc) is 2.73. The number of hydrogen-bond acceptors (Lipinski definition) is 3. The van der Waals surface area contributed by atoms with Crippen LogP contribution < -0.4 is 5.32 Å². The van der Waals surface area contributed by atoms with Gasteiger partial charge in [-0.3, -0.25) is 0 Å². The van der Waals surface area contributed by atoms with Crippen LogP contribution in [0.1, 0.15) is 46.5 Å². The third-order valence-corrected chi connectivity index (χ3v) is 3.55. The molecule has 7 heteroatoms. The molecule has 23 heavy (non-hydrogen) atoms. The van der Waals surface area contributed by atoms with Crippen LogP contribution in [0.2, 0.25) is 0 Å². The molecule has 1 aromatic heterocycles. The van der Waals surface area contributed by atoms with E-state index in [0.29, 0.717) is 21.3 Å². The van der Waals surface area contributed by atoms with Gasteiger partial charge in [-0.1, -0.05) is 15.9 Å². The van der Waals surface area contributed by atoms with E-state index in [1.165, 1.54) is 6.07 Å². The number of hydrogen-bond donors (Lipinski definition) is 1. The lowest BCUT2D eigenvalue weighted by Crippen LogP contribution is -2.32. The molecule has 0 saturated carbocycles. The van der Waals surface area contributed by atoms with E-state index in [4.69, 9.17) is 4.74 Å². The number of nitrogens with zero attached hydrogens (tertiary/aromatic N) is 2. The van der Waals surface area contributed by atoms with Gasteiger partial charge in [-0.2, -0.15) is 0 Å². The van der Waals surface area contributed by atoms with E-state index in [-0.39, 0.29) is 12.6 Å². The number of carbonyl (C=O) groups is 1. The molecule has 0 fully saturated rings. The van der Waals surface area contributed by atoms with E-state index in [1.807, 2.05) is 24.5 Å². The molecule has 0 radical (unpaired) electrons. The number of imidazole rings is 1.